The maximum atomic E-state index is 11.6. The largest absolute Gasteiger partial charge is 0.497 e. The van der Waals surface area contributed by atoms with Gasteiger partial charge in [-0.3, -0.25) is 9.59 Å². The number of aryl methyl sites for hydroxylation is 1. The van der Waals surface area contributed by atoms with Crippen LogP contribution < -0.4 is 14.8 Å². The Bertz CT molecular complexity index is 788. The van der Waals surface area contributed by atoms with Crippen LogP contribution in [0.4, 0.5) is 0 Å². The molecule has 0 aliphatic carbocycles. The highest BCUT2D eigenvalue weighted by Gasteiger charge is 2.09. The molecule has 2 aromatic rings. The highest BCUT2D eigenvalue weighted by atomic mass is 16.5. The van der Waals surface area contributed by atoms with E-state index in [0.29, 0.717) is 31.1 Å². The molecule has 0 heterocycles. The molecule has 0 fully saturated rings. The summed E-state index contributed by atoms with van der Waals surface area (Å²) in [5, 5.41) is 11.4. The summed E-state index contributed by atoms with van der Waals surface area (Å²) in [5.74, 6) is 0.155. The number of hydrogen-bond donors (Lipinski definition) is 2. The number of carboxylic acid groups (broad SMARTS) is 1. The molecule has 2 N–H and O–H groups in total. The van der Waals surface area contributed by atoms with Crippen LogP contribution in [0.1, 0.15) is 29.5 Å². The normalized spacial score (nSPS) is 10.3. The van der Waals surface area contributed by atoms with Crippen LogP contribution in [0.2, 0.25) is 0 Å². The van der Waals surface area contributed by atoms with Crippen LogP contribution in [0.5, 0.6) is 11.5 Å². The smallest absolute Gasteiger partial charge is 0.303 e. The third-order valence-corrected chi connectivity index (χ3v) is 4.20. The van der Waals surface area contributed by atoms with Crippen molar-refractivity contribution in [2.75, 3.05) is 13.7 Å². The Kier molecular flexibility index (Phi) is 7.67. The van der Waals surface area contributed by atoms with Gasteiger partial charge in [0.25, 0.3) is 0 Å². The van der Waals surface area contributed by atoms with Crippen LogP contribution in [0.25, 0.3) is 0 Å². The molecule has 2 rings (SSSR count). The molecule has 0 saturated heterocycles. The number of methoxy groups -OCH3 is 1. The number of carbonyl (C=O) groups is 2. The van der Waals surface area contributed by atoms with Gasteiger partial charge in [0, 0.05) is 19.0 Å². The fourth-order valence-electron chi connectivity index (χ4n) is 2.58. The van der Waals surface area contributed by atoms with Gasteiger partial charge in [-0.15, -0.1) is 0 Å². The quantitative estimate of drug-likeness (QED) is 0.670. The highest BCUT2D eigenvalue weighted by Crippen LogP contribution is 2.26. The molecule has 0 unspecified atom stereocenters. The molecule has 0 atom stereocenters. The van der Waals surface area contributed by atoms with Gasteiger partial charge in [-0.1, -0.05) is 30.3 Å². The van der Waals surface area contributed by atoms with Gasteiger partial charge in [0.2, 0.25) is 5.91 Å². The summed E-state index contributed by atoms with van der Waals surface area (Å²) in [5.41, 5.74) is 3.21. The lowest BCUT2D eigenvalue weighted by Crippen LogP contribution is -2.26. The van der Waals surface area contributed by atoms with Crippen molar-refractivity contribution in [3.8, 4) is 11.5 Å². The van der Waals surface area contributed by atoms with E-state index in [9.17, 15) is 9.59 Å². The Morgan fingerprint density at radius 2 is 1.85 bits per heavy atom. The fourth-order valence-corrected chi connectivity index (χ4v) is 2.58. The molecule has 144 valence electrons. The van der Waals surface area contributed by atoms with Gasteiger partial charge in [-0.2, -0.15) is 0 Å². The van der Waals surface area contributed by atoms with E-state index in [1.807, 2.05) is 49.4 Å². The first-order valence-electron chi connectivity index (χ1n) is 8.82. The molecule has 0 aliphatic heterocycles. The molecule has 6 heteroatoms. The summed E-state index contributed by atoms with van der Waals surface area (Å²) in [4.78, 5) is 22.2. The summed E-state index contributed by atoms with van der Waals surface area (Å²) in [6, 6.07) is 13.6. The second-order valence-electron chi connectivity index (χ2n) is 6.18. The first kappa shape index (κ1) is 20.3. The molecule has 27 heavy (non-hydrogen) atoms. The molecule has 0 radical (unpaired) electrons. The van der Waals surface area contributed by atoms with Crippen LogP contribution >= 0.6 is 0 Å². The molecule has 2 aromatic carbocycles. The highest BCUT2D eigenvalue weighted by molar-refractivity contribution is 5.80. The molecular weight excluding hydrogens is 346 g/mol. The van der Waals surface area contributed by atoms with E-state index >= 15 is 0 Å². The first-order chi connectivity index (χ1) is 13.0. The molecular formula is C21H25NO5. The van der Waals surface area contributed by atoms with Crippen molar-refractivity contribution in [1.82, 2.24) is 5.32 Å². The summed E-state index contributed by atoms with van der Waals surface area (Å²) >= 11 is 0. The molecule has 0 aliphatic rings. The van der Waals surface area contributed by atoms with Gasteiger partial charge in [-0.25, -0.2) is 0 Å². The Balaban J connectivity index is 1.98. The second-order valence-corrected chi connectivity index (χ2v) is 6.18. The number of hydrogen-bond acceptors (Lipinski definition) is 4. The van der Waals surface area contributed by atoms with Crippen LogP contribution in [-0.4, -0.2) is 30.6 Å². The SMILES string of the molecule is COc1ccc(CCNC(=O)CCC(=O)O)c(OCc2ccccc2C)c1. The van der Waals surface area contributed by atoms with Crippen LogP contribution in [0, 0.1) is 6.92 Å². The Morgan fingerprint density at radius 3 is 2.56 bits per heavy atom. The van der Waals surface area contributed by atoms with Crippen molar-refractivity contribution in [3.05, 3.63) is 59.2 Å². The van der Waals surface area contributed by atoms with Gasteiger partial charge in [0.1, 0.15) is 18.1 Å². The van der Waals surface area contributed by atoms with Gasteiger partial charge in [0.15, 0.2) is 0 Å². The predicted molar refractivity (Wildman–Crippen MR) is 102 cm³/mol. The van der Waals surface area contributed by atoms with E-state index < -0.39 is 5.97 Å². The minimum absolute atomic E-state index is 0.0193. The predicted octanol–water partition coefficient (Wildman–Crippen LogP) is 3.11. The van der Waals surface area contributed by atoms with Gasteiger partial charge >= 0.3 is 5.97 Å². The molecule has 0 saturated carbocycles. The topological polar surface area (TPSA) is 84.9 Å². The number of carboxylic acids is 1. The second kappa shape index (κ2) is 10.2. The van der Waals surface area contributed by atoms with Crippen LogP contribution in [0.3, 0.4) is 0 Å². The van der Waals surface area contributed by atoms with Gasteiger partial charge in [0.05, 0.1) is 13.5 Å². The summed E-state index contributed by atoms with van der Waals surface area (Å²) in [6.07, 6.45) is 0.389. The van der Waals surface area contributed by atoms with E-state index in [-0.39, 0.29) is 18.7 Å². The molecule has 0 bridgehead atoms. The van der Waals surface area contributed by atoms with Crippen LogP contribution in [-0.2, 0) is 22.6 Å². The Hall–Kier alpha value is -3.02. The van der Waals surface area contributed by atoms with Crippen molar-refractivity contribution < 1.29 is 24.2 Å². The lowest BCUT2D eigenvalue weighted by atomic mass is 10.1. The standard InChI is InChI=1S/C21H25NO5/c1-15-5-3-4-6-17(15)14-27-19-13-18(26-2)8-7-16(19)11-12-22-20(23)9-10-21(24)25/h3-8,13H,9-12,14H2,1-2H3,(H,22,23)(H,24,25). The lowest BCUT2D eigenvalue weighted by Gasteiger charge is -2.14. The zero-order valence-corrected chi connectivity index (χ0v) is 15.7. The Labute approximate surface area is 159 Å². The lowest BCUT2D eigenvalue weighted by molar-refractivity contribution is -0.138. The van der Waals surface area contributed by atoms with Crippen molar-refractivity contribution in [3.63, 3.8) is 0 Å². The van der Waals surface area contributed by atoms with E-state index in [0.717, 1.165) is 16.7 Å². The maximum Gasteiger partial charge on any atom is 0.303 e. The fraction of sp³-hybridized carbons (Fsp3) is 0.333. The van der Waals surface area contributed by atoms with E-state index in [2.05, 4.69) is 5.32 Å². The van der Waals surface area contributed by atoms with E-state index in [1.165, 1.54) is 0 Å². The zero-order valence-electron chi connectivity index (χ0n) is 15.7. The third kappa shape index (κ3) is 6.66. The summed E-state index contributed by atoms with van der Waals surface area (Å²) in [6.45, 7) is 2.89. The van der Waals surface area contributed by atoms with E-state index in [4.69, 9.17) is 14.6 Å². The number of benzene rings is 2. The average molecular weight is 371 g/mol. The number of carbonyl (C=O) groups excluding carboxylic acids is 1. The van der Waals surface area contributed by atoms with Crippen LogP contribution in [0.15, 0.2) is 42.5 Å². The number of nitrogens with one attached hydrogen (secondary N) is 1. The maximum absolute atomic E-state index is 11.6. The number of amides is 1. The zero-order chi connectivity index (χ0) is 19.6. The summed E-state index contributed by atoms with van der Waals surface area (Å²) in [7, 11) is 1.60. The third-order valence-electron chi connectivity index (χ3n) is 4.20. The summed E-state index contributed by atoms with van der Waals surface area (Å²) < 4.78 is 11.3. The monoisotopic (exact) mass is 371 g/mol. The number of rotatable bonds is 10. The van der Waals surface area contributed by atoms with E-state index in [1.54, 1.807) is 7.11 Å². The minimum atomic E-state index is -0.979. The van der Waals surface area contributed by atoms with Crippen molar-refractivity contribution in [1.29, 1.82) is 0 Å². The molecule has 6 nitrogen and oxygen atoms in total. The molecule has 0 spiro atoms. The van der Waals surface area contributed by atoms with Gasteiger partial charge in [-0.05, 0) is 36.1 Å². The average Bonchev–Trinajstić information content (AvgIpc) is 2.66. The first-order valence-corrected chi connectivity index (χ1v) is 8.82. The van der Waals surface area contributed by atoms with Crippen molar-refractivity contribution >= 4 is 11.9 Å². The van der Waals surface area contributed by atoms with Crippen molar-refractivity contribution in [2.24, 2.45) is 0 Å². The Morgan fingerprint density at radius 1 is 1.07 bits per heavy atom. The number of ether oxygens (including phenoxy) is 2. The number of aliphatic carboxylic acids is 1. The molecule has 1 amide bonds. The van der Waals surface area contributed by atoms with Crippen molar-refractivity contribution in [2.45, 2.75) is 32.8 Å². The van der Waals surface area contributed by atoms with Gasteiger partial charge < -0.3 is 19.9 Å². The molecule has 0 aromatic heterocycles. The minimum Gasteiger partial charge on any atom is -0.497 e.